The molecule has 0 radical (unpaired) electrons. The van der Waals surface area contributed by atoms with Crippen molar-refractivity contribution in [3.8, 4) is 0 Å². The van der Waals surface area contributed by atoms with E-state index >= 15 is 0 Å². The number of carbonyl (C=O) groups excluding carboxylic acids is 2. The summed E-state index contributed by atoms with van der Waals surface area (Å²) < 4.78 is 0. The van der Waals surface area contributed by atoms with Crippen LogP contribution in [0.2, 0.25) is 0 Å². The molecule has 1 rings (SSSR count). The fraction of sp³-hybridized carbons (Fsp3) is 0.429. The minimum atomic E-state index is -0.524. The van der Waals surface area contributed by atoms with Gasteiger partial charge in [0.05, 0.1) is 11.4 Å². The highest BCUT2D eigenvalue weighted by Crippen LogP contribution is 2.23. The van der Waals surface area contributed by atoms with Crippen molar-refractivity contribution in [1.82, 2.24) is 10.6 Å². The number of hydrazine groups is 1. The predicted octanol–water partition coefficient (Wildman–Crippen LogP) is 0.128. The van der Waals surface area contributed by atoms with Crippen molar-refractivity contribution < 1.29 is 9.59 Å². The lowest BCUT2D eigenvalue weighted by molar-refractivity contribution is -0.127. The zero-order chi connectivity index (χ0) is 15.8. The van der Waals surface area contributed by atoms with Crippen LogP contribution in [0.3, 0.4) is 0 Å². The molecule has 0 saturated carbocycles. The Bertz CT molecular complexity index is 504. The average molecular weight is 293 g/mol. The number of hydrogen-bond donors (Lipinski definition) is 5. The summed E-state index contributed by atoms with van der Waals surface area (Å²) in [4.78, 5) is 22.8. The number of amides is 2. The largest absolute Gasteiger partial charge is 0.397 e. The maximum Gasteiger partial charge on any atom is 0.242 e. The Morgan fingerprint density at radius 2 is 2.05 bits per heavy atom. The van der Waals surface area contributed by atoms with Gasteiger partial charge in [-0.15, -0.1) is 0 Å². The van der Waals surface area contributed by atoms with E-state index in [1.54, 1.807) is 13.1 Å². The van der Waals surface area contributed by atoms with Crippen LogP contribution in [0, 0.1) is 0 Å². The zero-order valence-corrected chi connectivity index (χ0v) is 12.4. The van der Waals surface area contributed by atoms with Crippen LogP contribution >= 0.6 is 0 Å². The second-order valence-corrected chi connectivity index (χ2v) is 4.78. The van der Waals surface area contributed by atoms with Gasteiger partial charge >= 0.3 is 0 Å². The molecule has 0 fully saturated rings. The molecule has 0 bridgehead atoms. The number of nitrogens with two attached hydrogens (primary N) is 2. The lowest BCUT2D eigenvalue weighted by atomic mass is 10.0. The molecule has 116 valence electrons. The number of anilines is 2. The van der Waals surface area contributed by atoms with Gasteiger partial charge in [-0.25, -0.2) is 0 Å². The van der Waals surface area contributed by atoms with Gasteiger partial charge in [0.2, 0.25) is 11.8 Å². The molecule has 21 heavy (non-hydrogen) atoms. The topological polar surface area (TPSA) is 122 Å². The molecule has 7 heteroatoms. The van der Waals surface area contributed by atoms with Crippen molar-refractivity contribution in [2.75, 3.05) is 18.2 Å². The summed E-state index contributed by atoms with van der Waals surface area (Å²) in [5.74, 6) is 4.96. The van der Waals surface area contributed by atoms with E-state index in [9.17, 15) is 9.59 Å². The van der Waals surface area contributed by atoms with Gasteiger partial charge in [-0.1, -0.05) is 12.1 Å². The Balaban J connectivity index is 2.61. The Labute approximate surface area is 124 Å². The van der Waals surface area contributed by atoms with Crippen LogP contribution < -0.4 is 27.6 Å². The third-order valence-electron chi connectivity index (χ3n) is 3.23. The normalized spacial score (nSPS) is 11.6. The molecule has 0 spiro atoms. The van der Waals surface area contributed by atoms with Crippen LogP contribution in [0.15, 0.2) is 18.2 Å². The number of aryl methyl sites for hydroxylation is 1. The Kier molecular flexibility index (Phi) is 6.48. The van der Waals surface area contributed by atoms with E-state index in [2.05, 4.69) is 16.1 Å². The number of carbonyl (C=O) groups is 2. The predicted molar refractivity (Wildman–Crippen MR) is 83.3 cm³/mol. The second kappa shape index (κ2) is 8.11. The smallest absolute Gasteiger partial charge is 0.242 e. The van der Waals surface area contributed by atoms with Gasteiger partial charge in [-0.2, -0.15) is 0 Å². The number of likely N-dealkylation sites (N-methyl/N-ethyl adjacent to an activating group) is 1. The third kappa shape index (κ3) is 4.96. The van der Waals surface area contributed by atoms with E-state index in [0.717, 1.165) is 12.0 Å². The second-order valence-electron chi connectivity index (χ2n) is 4.78. The standard InChI is InChI=1S/C14H23N5O2/c1-9(20)18-12(14(21)17-2)8-4-6-10-5-3-7-11(19-16)13(10)15/h3,5,7,12,19H,4,6,8,15-16H2,1-2H3,(H,17,21)(H,18,20). The van der Waals surface area contributed by atoms with Gasteiger partial charge in [0.1, 0.15) is 6.04 Å². The number of nitrogen functional groups attached to an aromatic ring is 2. The molecule has 0 aliphatic carbocycles. The molecule has 0 aromatic heterocycles. The SMILES string of the molecule is CNC(=O)C(CCCc1cccc(NN)c1N)NC(C)=O. The van der Waals surface area contributed by atoms with Crippen molar-refractivity contribution in [2.24, 2.45) is 5.84 Å². The number of para-hydroxylation sites is 1. The highest BCUT2D eigenvalue weighted by atomic mass is 16.2. The van der Waals surface area contributed by atoms with E-state index in [1.165, 1.54) is 6.92 Å². The zero-order valence-electron chi connectivity index (χ0n) is 12.4. The fourth-order valence-electron chi connectivity index (χ4n) is 2.14. The first-order valence-electron chi connectivity index (χ1n) is 6.82. The summed E-state index contributed by atoms with van der Waals surface area (Å²) in [5.41, 5.74) is 10.8. The summed E-state index contributed by atoms with van der Waals surface area (Å²) >= 11 is 0. The Morgan fingerprint density at radius 1 is 1.33 bits per heavy atom. The van der Waals surface area contributed by atoms with Crippen LogP contribution in [-0.4, -0.2) is 24.9 Å². The van der Waals surface area contributed by atoms with Crippen LogP contribution in [0.4, 0.5) is 11.4 Å². The van der Waals surface area contributed by atoms with Crippen molar-refractivity contribution in [3.63, 3.8) is 0 Å². The van der Waals surface area contributed by atoms with Gasteiger partial charge < -0.3 is 21.8 Å². The molecule has 0 heterocycles. The highest BCUT2D eigenvalue weighted by molar-refractivity contribution is 5.86. The first-order chi connectivity index (χ1) is 9.99. The fourth-order valence-corrected chi connectivity index (χ4v) is 2.14. The van der Waals surface area contributed by atoms with E-state index < -0.39 is 6.04 Å². The van der Waals surface area contributed by atoms with Gasteiger partial charge in [-0.3, -0.25) is 15.4 Å². The molecule has 1 unspecified atom stereocenters. The minimum Gasteiger partial charge on any atom is -0.397 e. The lowest BCUT2D eigenvalue weighted by Gasteiger charge is -2.16. The minimum absolute atomic E-state index is 0.199. The van der Waals surface area contributed by atoms with E-state index in [0.29, 0.717) is 24.2 Å². The monoisotopic (exact) mass is 293 g/mol. The van der Waals surface area contributed by atoms with E-state index in [4.69, 9.17) is 11.6 Å². The number of rotatable bonds is 7. The molecule has 1 atom stereocenters. The summed E-state index contributed by atoms with van der Waals surface area (Å²) in [5, 5.41) is 5.18. The van der Waals surface area contributed by atoms with Gasteiger partial charge in [0, 0.05) is 14.0 Å². The molecule has 2 amide bonds. The first kappa shape index (κ1) is 16.8. The summed E-state index contributed by atoms with van der Waals surface area (Å²) in [6.07, 6.45) is 1.96. The first-order valence-corrected chi connectivity index (χ1v) is 6.82. The van der Waals surface area contributed by atoms with E-state index in [-0.39, 0.29) is 11.8 Å². The van der Waals surface area contributed by atoms with Gasteiger partial charge in [0.25, 0.3) is 0 Å². The molecule has 0 aliphatic heterocycles. The number of hydrogen-bond acceptors (Lipinski definition) is 5. The van der Waals surface area contributed by atoms with Crippen LogP contribution in [0.5, 0.6) is 0 Å². The van der Waals surface area contributed by atoms with Crippen molar-refractivity contribution in [3.05, 3.63) is 23.8 Å². The quantitative estimate of drug-likeness (QED) is 0.278. The Morgan fingerprint density at radius 3 is 2.62 bits per heavy atom. The molecular weight excluding hydrogens is 270 g/mol. The molecule has 1 aromatic rings. The molecule has 7 nitrogen and oxygen atoms in total. The Hall–Kier alpha value is -2.28. The third-order valence-corrected chi connectivity index (χ3v) is 3.23. The van der Waals surface area contributed by atoms with Crippen LogP contribution in [0.25, 0.3) is 0 Å². The van der Waals surface area contributed by atoms with Gasteiger partial charge in [0.15, 0.2) is 0 Å². The van der Waals surface area contributed by atoms with Gasteiger partial charge in [-0.05, 0) is 30.9 Å². The number of nitrogens with one attached hydrogen (secondary N) is 3. The number of benzene rings is 1. The van der Waals surface area contributed by atoms with Crippen molar-refractivity contribution in [2.45, 2.75) is 32.2 Å². The highest BCUT2D eigenvalue weighted by Gasteiger charge is 2.17. The van der Waals surface area contributed by atoms with Crippen LogP contribution in [-0.2, 0) is 16.0 Å². The molecule has 0 aliphatic rings. The van der Waals surface area contributed by atoms with Crippen molar-refractivity contribution >= 4 is 23.2 Å². The lowest BCUT2D eigenvalue weighted by Crippen LogP contribution is -2.44. The summed E-state index contributed by atoms with van der Waals surface area (Å²) in [6.45, 7) is 1.39. The molecular formula is C14H23N5O2. The summed E-state index contributed by atoms with van der Waals surface area (Å²) in [7, 11) is 1.55. The molecule has 1 aromatic carbocycles. The average Bonchev–Trinajstić information content (AvgIpc) is 2.46. The summed E-state index contributed by atoms with van der Waals surface area (Å²) in [6, 6.07) is 5.06. The van der Waals surface area contributed by atoms with Crippen molar-refractivity contribution in [1.29, 1.82) is 0 Å². The van der Waals surface area contributed by atoms with Crippen LogP contribution in [0.1, 0.15) is 25.3 Å². The van der Waals surface area contributed by atoms with E-state index in [1.807, 2.05) is 12.1 Å². The molecule has 7 N–H and O–H groups in total. The maximum atomic E-state index is 11.7. The maximum absolute atomic E-state index is 11.7. The molecule has 0 saturated heterocycles.